The summed E-state index contributed by atoms with van der Waals surface area (Å²) in [7, 11) is 0. The van der Waals surface area contributed by atoms with E-state index >= 15 is 0 Å². The largest absolute Gasteiger partial charge is 0.481 e. The van der Waals surface area contributed by atoms with Crippen LogP contribution in [-0.2, 0) is 20.6 Å². The number of alkyl halides is 3. The van der Waals surface area contributed by atoms with Gasteiger partial charge >= 0.3 is 12.1 Å². The number of fused-ring (bicyclic) bond motifs is 1. The number of hydrogen-bond donors (Lipinski definition) is 3. The molecule has 48 heavy (non-hydrogen) atoms. The van der Waals surface area contributed by atoms with Gasteiger partial charge < -0.3 is 26.0 Å². The highest BCUT2D eigenvalue weighted by atomic mass is 19.4. The van der Waals surface area contributed by atoms with Crippen molar-refractivity contribution in [2.24, 2.45) is 34.4 Å². The lowest BCUT2D eigenvalue weighted by atomic mass is 9.94. The quantitative estimate of drug-likeness (QED) is 0.194. The summed E-state index contributed by atoms with van der Waals surface area (Å²) in [5.74, 6) is -3.13. The maximum absolute atomic E-state index is 14.2. The Morgan fingerprint density at radius 1 is 1.04 bits per heavy atom. The number of likely N-dealkylation sites (tertiary alicyclic amines) is 2. The van der Waals surface area contributed by atoms with Crippen LogP contribution in [0.3, 0.4) is 0 Å². The number of carbonyl (C=O) groups excluding carboxylic acids is 2. The summed E-state index contributed by atoms with van der Waals surface area (Å²) in [6.07, 6.45) is -2.53. The summed E-state index contributed by atoms with van der Waals surface area (Å²) in [6, 6.07) is 7.39. The lowest BCUT2D eigenvalue weighted by Crippen LogP contribution is -2.39. The van der Waals surface area contributed by atoms with Crippen LogP contribution in [0.2, 0.25) is 0 Å². The number of hydrogen-bond acceptors (Lipinski definition) is 8. The van der Waals surface area contributed by atoms with Crippen molar-refractivity contribution in [2.75, 3.05) is 32.7 Å². The molecular weight excluding hydrogens is 634 g/mol. The number of nitrogens with zero attached hydrogens (tertiary/aromatic N) is 5. The van der Waals surface area contributed by atoms with E-state index in [1.807, 2.05) is 0 Å². The minimum Gasteiger partial charge on any atom is -0.481 e. The van der Waals surface area contributed by atoms with Crippen molar-refractivity contribution in [1.82, 2.24) is 25.3 Å². The van der Waals surface area contributed by atoms with Crippen LogP contribution in [0.25, 0.3) is 0 Å². The van der Waals surface area contributed by atoms with Gasteiger partial charge in [-0.05, 0) is 74.8 Å². The fraction of sp³-hybridized carbons (Fsp3) is 0.515. The zero-order valence-corrected chi connectivity index (χ0v) is 26.7. The first-order valence-corrected chi connectivity index (χ1v) is 15.9. The molecule has 3 heterocycles. The molecule has 11 nitrogen and oxygen atoms in total. The fourth-order valence-electron chi connectivity index (χ4n) is 7.17. The Kier molecular flexibility index (Phi) is 10.5. The van der Waals surface area contributed by atoms with Gasteiger partial charge in [-0.25, -0.2) is 9.38 Å². The van der Waals surface area contributed by atoms with Gasteiger partial charge in [0.2, 0.25) is 5.91 Å². The van der Waals surface area contributed by atoms with Crippen LogP contribution in [0.1, 0.15) is 56.8 Å². The van der Waals surface area contributed by atoms with Crippen molar-refractivity contribution in [2.45, 2.75) is 51.7 Å². The molecule has 1 aliphatic carbocycles. The van der Waals surface area contributed by atoms with Crippen molar-refractivity contribution >= 4 is 29.3 Å². The number of nitrogens with one attached hydrogen (secondary N) is 1. The second kappa shape index (κ2) is 14.4. The highest BCUT2D eigenvalue weighted by Crippen LogP contribution is 2.35. The number of rotatable bonds is 10. The van der Waals surface area contributed by atoms with Crippen molar-refractivity contribution in [3.8, 4) is 0 Å². The molecule has 15 heteroatoms. The number of carboxylic acid groups (broad SMARTS) is 1. The van der Waals surface area contributed by atoms with E-state index in [2.05, 4.69) is 25.4 Å². The molecule has 1 aromatic heterocycles. The number of carbonyl (C=O) groups is 3. The number of halogens is 4. The monoisotopic (exact) mass is 673 g/mol. The third-order valence-corrected chi connectivity index (χ3v) is 9.51. The number of aliphatic carboxylic acids is 1. The molecule has 0 radical (unpaired) electrons. The van der Waals surface area contributed by atoms with Gasteiger partial charge in [-0.15, -0.1) is 10.2 Å². The van der Waals surface area contributed by atoms with E-state index in [-0.39, 0.29) is 46.4 Å². The molecule has 0 spiro atoms. The summed E-state index contributed by atoms with van der Waals surface area (Å²) in [5.41, 5.74) is 6.14. The Labute approximate surface area is 275 Å². The molecule has 258 valence electrons. The standard InChI is InChI=1S/C33H39F4N7O4/c1-18(38)29(19(2)39-28-10-9-27(41-42-28)33(35,36)37)31(46)44-16-21-14-43(15-22(21)17-44)12-11-26(20-5-3-6-23(34)13-20)40-30(45)24-7-4-8-25(24)32(47)48/h3,5-6,9-10,13,21-22,24-26H,4,7-8,11-12,14-17,38H2,1-2H3,(H,40,45)(H,47,48)/t21?,22?,24?,25?,26-/m0/s1. The minimum absolute atomic E-state index is 0.0846. The van der Waals surface area contributed by atoms with Gasteiger partial charge in [0.05, 0.1) is 29.2 Å². The van der Waals surface area contributed by atoms with Crippen LogP contribution in [0, 0.1) is 29.5 Å². The summed E-state index contributed by atoms with van der Waals surface area (Å²) in [6.45, 7) is 6.07. The van der Waals surface area contributed by atoms with E-state index in [1.54, 1.807) is 30.9 Å². The number of carboxylic acids is 1. The maximum atomic E-state index is 14.2. The molecule has 3 fully saturated rings. The smallest absolute Gasteiger partial charge is 0.435 e. The molecule has 4 N–H and O–H groups in total. The Bertz CT molecular complexity index is 1580. The first-order chi connectivity index (χ1) is 22.7. The van der Waals surface area contributed by atoms with Gasteiger partial charge in [0.15, 0.2) is 11.5 Å². The second-order valence-electron chi connectivity index (χ2n) is 12.9. The number of allylic oxidation sites excluding steroid dienone is 1. The predicted octanol–water partition coefficient (Wildman–Crippen LogP) is 4.10. The van der Waals surface area contributed by atoms with Gasteiger partial charge in [-0.3, -0.25) is 14.4 Å². The lowest BCUT2D eigenvalue weighted by Gasteiger charge is -2.26. The summed E-state index contributed by atoms with van der Waals surface area (Å²) in [5, 5.41) is 19.3. The van der Waals surface area contributed by atoms with Gasteiger partial charge in [0, 0.05) is 38.4 Å². The molecular formula is C33H39F4N7O4. The third-order valence-electron chi connectivity index (χ3n) is 9.51. The van der Waals surface area contributed by atoms with Crippen molar-refractivity contribution in [3.63, 3.8) is 0 Å². The van der Waals surface area contributed by atoms with Gasteiger partial charge in [-0.2, -0.15) is 13.2 Å². The van der Waals surface area contributed by atoms with E-state index in [9.17, 15) is 37.1 Å². The van der Waals surface area contributed by atoms with Crippen LogP contribution < -0.4 is 11.1 Å². The average Bonchev–Trinajstić information content (AvgIpc) is 3.75. The molecule has 2 aliphatic heterocycles. The van der Waals surface area contributed by atoms with Gasteiger partial charge in [-0.1, -0.05) is 18.6 Å². The first kappa shape index (κ1) is 34.9. The number of aliphatic imine (C=N–C) groups is 1. The van der Waals surface area contributed by atoms with Gasteiger partial charge in [0.25, 0.3) is 5.91 Å². The van der Waals surface area contributed by atoms with Crippen LogP contribution in [0.15, 0.2) is 52.7 Å². The SMILES string of the molecule is CC(=Nc1ccc(C(F)(F)F)nn1)C(C(=O)N1CC2CN(CC[C@H](NC(=O)C3CCCC3C(=O)O)c3cccc(F)c3)CC2C1)=C(C)N. The van der Waals surface area contributed by atoms with Crippen LogP contribution in [0.5, 0.6) is 0 Å². The van der Waals surface area contributed by atoms with E-state index < -0.39 is 41.5 Å². The molecule has 5 atom stereocenters. The van der Waals surface area contributed by atoms with Crippen molar-refractivity contribution < 1.29 is 37.1 Å². The molecule has 2 aromatic rings. The van der Waals surface area contributed by atoms with E-state index in [0.29, 0.717) is 64.0 Å². The number of nitrogens with two attached hydrogens (primary N) is 1. The normalized spacial score (nSPS) is 24.3. The van der Waals surface area contributed by atoms with E-state index in [0.717, 1.165) is 12.1 Å². The molecule has 3 aliphatic rings. The summed E-state index contributed by atoms with van der Waals surface area (Å²) < 4.78 is 52.7. The number of benzene rings is 1. The molecule has 2 saturated heterocycles. The molecule has 5 rings (SSSR count). The van der Waals surface area contributed by atoms with Crippen LogP contribution in [0.4, 0.5) is 23.4 Å². The topological polar surface area (TPSA) is 154 Å². The minimum atomic E-state index is -4.63. The van der Waals surface area contributed by atoms with E-state index in [4.69, 9.17) is 5.73 Å². The van der Waals surface area contributed by atoms with Crippen molar-refractivity contribution in [3.05, 3.63) is 64.7 Å². The lowest BCUT2D eigenvalue weighted by molar-refractivity contribution is -0.146. The molecule has 1 saturated carbocycles. The zero-order chi connectivity index (χ0) is 34.7. The highest BCUT2D eigenvalue weighted by Gasteiger charge is 2.43. The summed E-state index contributed by atoms with van der Waals surface area (Å²) in [4.78, 5) is 46.7. The Hall–Kier alpha value is -4.40. The second-order valence-corrected chi connectivity index (χ2v) is 12.9. The fourth-order valence-corrected chi connectivity index (χ4v) is 7.17. The predicted molar refractivity (Wildman–Crippen MR) is 167 cm³/mol. The molecule has 4 unspecified atom stereocenters. The maximum Gasteiger partial charge on any atom is 0.435 e. The highest BCUT2D eigenvalue weighted by molar-refractivity contribution is 6.21. The zero-order valence-electron chi connectivity index (χ0n) is 26.7. The molecule has 2 amide bonds. The van der Waals surface area contributed by atoms with Crippen LogP contribution in [-0.4, -0.2) is 81.3 Å². The number of aromatic nitrogens is 2. The number of amides is 2. The Morgan fingerprint density at radius 2 is 1.73 bits per heavy atom. The van der Waals surface area contributed by atoms with Gasteiger partial charge in [0.1, 0.15) is 5.82 Å². The van der Waals surface area contributed by atoms with Crippen molar-refractivity contribution in [1.29, 1.82) is 0 Å². The molecule has 0 bridgehead atoms. The third kappa shape index (κ3) is 8.00. The first-order valence-electron chi connectivity index (χ1n) is 15.9. The summed E-state index contributed by atoms with van der Waals surface area (Å²) >= 11 is 0. The van der Waals surface area contributed by atoms with E-state index in [1.165, 1.54) is 12.1 Å². The van der Waals surface area contributed by atoms with Crippen LogP contribution >= 0.6 is 0 Å². The average molecular weight is 674 g/mol. The molecule has 1 aromatic carbocycles. The Balaban J connectivity index is 1.19. The Morgan fingerprint density at radius 3 is 2.31 bits per heavy atom.